The highest BCUT2D eigenvalue weighted by molar-refractivity contribution is 7.87. The van der Waals surface area contributed by atoms with Crippen LogP contribution < -0.4 is 14.2 Å². The van der Waals surface area contributed by atoms with Gasteiger partial charge in [-0.1, -0.05) is 6.07 Å². The van der Waals surface area contributed by atoms with Crippen molar-refractivity contribution in [3.8, 4) is 11.5 Å². The molecular formula is C19H33N3O5S. The van der Waals surface area contributed by atoms with Gasteiger partial charge in [0.25, 0.3) is 0 Å². The molecule has 8 nitrogen and oxygen atoms in total. The molecule has 0 atom stereocenters. The number of likely N-dealkylation sites (N-methyl/N-ethyl adjacent to an activating group) is 1. The average Bonchev–Trinajstić information content (AvgIpc) is 2.57. The van der Waals surface area contributed by atoms with Gasteiger partial charge in [0, 0.05) is 25.7 Å². The Labute approximate surface area is 168 Å². The summed E-state index contributed by atoms with van der Waals surface area (Å²) in [7, 11) is 1.56. The van der Waals surface area contributed by atoms with Crippen LogP contribution in [0.15, 0.2) is 18.2 Å². The van der Waals surface area contributed by atoms with Crippen molar-refractivity contribution in [1.29, 1.82) is 0 Å². The largest absolute Gasteiger partial charge is 0.493 e. The number of rotatable bonds is 10. The fourth-order valence-corrected chi connectivity index (χ4v) is 2.81. The number of ether oxygens (including phenoxy) is 1. The maximum Gasteiger partial charge on any atom is 0.317 e. The van der Waals surface area contributed by atoms with E-state index < -0.39 is 15.4 Å². The van der Waals surface area contributed by atoms with Gasteiger partial charge in [-0.05, 0) is 59.5 Å². The van der Waals surface area contributed by atoms with Gasteiger partial charge in [-0.25, -0.2) is 4.79 Å². The molecule has 1 N–H and O–H groups in total. The van der Waals surface area contributed by atoms with Crippen molar-refractivity contribution in [2.75, 3.05) is 34.3 Å². The lowest BCUT2D eigenvalue weighted by Gasteiger charge is -2.26. The highest BCUT2D eigenvalue weighted by Gasteiger charge is 2.22. The third kappa shape index (κ3) is 7.55. The van der Waals surface area contributed by atoms with E-state index in [1.54, 1.807) is 36.9 Å². The molecule has 1 rings (SSSR count). The predicted octanol–water partition coefficient (Wildman–Crippen LogP) is 2.29. The van der Waals surface area contributed by atoms with Crippen molar-refractivity contribution in [1.82, 2.24) is 15.1 Å². The van der Waals surface area contributed by atoms with Crippen molar-refractivity contribution < 1.29 is 22.1 Å². The molecule has 0 unspecified atom stereocenters. The van der Waals surface area contributed by atoms with Gasteiger partial charge in [0.15, 0.2) is 11.5 Å². The molecule has 1 aromatic carbocycles. The summed E-state index contributed by atoms with van der Waals surface area (Å²) in [5, 5.41) is 2.21. The van der Waals surface area contributed by atoms with Crippen LogP contribution in [0, 0.1) is 0 Å². The van der Waals surface area contributed by atoms with Crippen molar-refractivity contribution >= 4 is 16.1 Å². The predicted molar refractivity (Wildman–Crippen MR) is 110 cm³/mol. The summed E-state index contributed by atoms with van der Waals surface area (Å²) < 4.78 is 34.8. The molecule has 0 bridgehead atoms. The van der Waals surface area contributed by atoms with Crippen LogP contribution in [0.4, 0.5) is 4.79 Å². The number of urea groups is 1. The van der Waals surface area contributed by atoms with E-state index in [-0.39, 0.29) is 17.8 Å². The van der Waals surface area contributed by atoms with E-state index in [0.717, 1.165) is 5.56 Å². The molecule has 28 heavy (non-hydrogen) atoms. The lowest BCUT2D eigenvalue weighted by molar-refractivity contribution is 0.186. The maximum absolute atomic E-state index is 12.5. The van der Waals surface area contributed by atoms with Crippen LogP contribution in [-0.2, 0) is 16.7 Å². The Morgan fingerprint density at radius 2 is 1.75 bits per heavy atom. The minimum Gasteiger partial charge on any atom is -0.493 e. The monoisotopic (exact) mass is 415 g/mol. The molecule has 0 aliphatic rings. The van der Waals surface area contributed by atoms with E-state index >= 15 is 0 Å². The Morgan fingerprint density at radius 1 is 1.11 bits per heavy atom. The van der Waals surface area contributed by atoms with Gasteiger partial charge in [0.2, 0.25) is 0 Å². The molecule has 0 radical (unpaired) electrons. The van der Waals surface area contributed by atoms with Crippen LogP contribution in [0.5, 0.6) is 11.5 Å². The number of carbonyl (C=O) groups is 1. The molecule has 0 aromatic heterocycles. The number of nitrogens with one attached hydrogen (secondary N) is 1. The molecule has 2 amide bonds. The van der Waals surface area contributed by atoms with Gasteiger partial charge in [0.1, 0.15) is 0 Å². The van der Waals surface area contributed by atoms with Crippen molar-refractivity contribution in [2.24, 2.45) is 0 Å². The number of carbonyl (C=O) groups excluding carboxylic acids is 1. The Balaban J connectivity index is 3.11. The number of nitrogens with zero attached hydrogens (tertiary/aromatic N) is 2. The van der Waals surface area contributed by atoms with Crippen LogP contribution in [0.1, 0.15) is 33.3 Å². The Morgan fingerprint density at radius 3 is 2.25 bits per heavy atom. The van der Waals surface area contributed by atoms with Gasteiger partial charge in [-0.15, -0.1) is 0 Å². The maximum atomic E-state index is 12.5. The summed E-state index contributed by atoms with van der Waals surface area (Å²) in [6.07, 6.45) is 0. The first-order valence-electron chi connectivity index (χ1n) is 9.26. The average molecular weight is 416 g/mol. The molecular weight excluding hydrogens is 382 g/mol. The van der Waals surface area contributed by atoms with Crippen LogP contribution in [0.3, 0.4) is 0 Å². The first-order valence-corrected chi connectivity index (χ1v) is 10.7. The summed E-state index contributed by atoms with van der Waals surface area (Å²) in [6.45, 7) is 8.44. The van der Waals surface area contributed by atoms with Crippen LogP contribution in [0.2, 0.25) is 0 Å². The summed E-state index contributed by atoms with van der Waals surface area (Å²) in [5.74, 6) is 0.435. The second-order valence-corrected chi connectivity index (χ2v) is 9.53. The normalized spacial score (nSPS) is 11.8. The fraction of sp³-hybridized carbons (Fsp3) is 0.632. The first-order chi connectivity index (χ1) is 13.0. The van der Waals surface area contributed by atoms with E-state index in [4.69, 9.17) is 8.92 Å². The zero-order valence-electron chi connectivity index (χ0n) is 17.9. The summed E-state index contributed by atoms with van der Waals surface area (Å²) in [5.41, 5.74) is 0.743. The van der Waals surface area contributed by atoms with Crippen LogP contribution in [0.25, 0.3) is 0 Å². The Kier molecular flexibility index (Phi) is 9.03. The van der Waals surface area contributed by atoms with E-state index in [9.17, 15) is 13.2 Å². The Hall–Kier alpha value is -2.00. The van der Waals surface area contributed by atoms with Crippen LogP contribution >= 0.6 is 0 Å². The lowest BCUT2D eigenvalue weighted by Crippen LogP contribution is -2.45. The van der Waals surface area contributed by atoms with Crippen molar-refractivity contribution in [2.45, 2.75) is 45.5 Å². The minimum absolute atomic E-state index is 0.0142. The fourth-order valence-electron chi connectivity index (χ4n) is 2.24. The number of benzene rings is 1. The molecule has 0 saturated carbocycles. The summed E-state index contributed by atoms with van der Waals surface area (Å²) in [4.78, 5) is 16.2. The van der Waals surface area contributed by atoms with E-state index in [1.165, 1.54) is 7.11 Å². The second kappa shape index (κ2) is 10.5. The quantitative estimate of drug-likeness (QED) is 0.590. The van der Waals surface area contributed by atoms with Gasteiger partial charge in [-0.3, -0.25) is 0 Å². The molecule has 1 aromatic rings. The second-order valence-electron chi connectivity index (χ2n) is 7.44. The lowest BCUT2D eigenvalue weighted by atomic mass is 10.2. The standard InChI is InChI=1S/C19H33N3O5S/c1-14(2)20-19(23)22(11-10-21(5)6)13-16-8-9-17(26-7)18(12-16)27-28(24,25)15(3)4/h8-9,12,14-15H,10-11,13H2,1-7H3,(H,20,23). The highest BCUT2D eigenvalue weighted by Crippen LogP contribution is 2.30. The molecule has 0 heterocycles. The zero-order chi connectivity index (χ0) is 21.5. The number of methoxy groups -OCH3 is 1. The number of hydrogen-bond donors (Lipinski definition) is 1. The third-order valence-corrected chi connectivity index (χ3v) is 5.47. The van der Waals surface area contributed by atoms with Crippen molar-refractivity contribution in [3.05, 3.63) is 23.8 Å². The smallest absolute Gasteiger partial charge is 0.317 e. The SMILES string of the molecule is COc1ccc(CN(CCN(C)C)C(=O)NC(C)C)cc1OS(=O)(=O)C(C)C. The van der Waals surface area contributed by atoms with Gasteiger partial charge in [0.05, 0.1) is 12.4 Å². The first kappa shape index (κ1) is 24.0. The van der Waals surface area contributed by atoms with Crippen LogP contribution in [-0.4, -0.2) is 69.8 Å². The molecule has 0 spiro atoms. The molecule has 160 valence electrons. The zero-order valence-corrected chi connectivity index (χ0v) is 18.7. The molecule has 0 aliphatic carbocycles. The van der Waals surface area contributed by atoms with E-state index in [1.807, 2.05) is 32.8 Å². The minimum atomic E-state index is -3.76. The summed E-state index contributed by atoms with van der Waals surface area (Å²) in [6, 6.07) is 4.87. The Bertz CT molecular complexity index is 748. The molecule has 0 fully saturated rings. The van der Waals surface area contributed by atoms with Gasteiger partial charge < -0.3 is 24.0 Å². The van der Waals surface area contributed by atoms with E-state index in [0.29, 0.717) is 25.4 Å². The topological polar surface area (TPSA) is 88.2 Å². The van der Waals surface area contributed by atoms with Crippen molar-refractivity contribution in [3.63, 3.8) is 0 Å². The number of hydrogen-bond acceptors (Lipinski definition) is 6. The molecule has 0 saturated heterocycles. The van der Waals surface area contributed by atoms with E-state index in [2.05, 4.69) is 5.32 Å². The third-order valence-electron chi connectivity index (χ3n) is 3.90. The number of amides is 2. The molecule has 0 aliphatic heterocycles. The van der Waals surface area contributed by atoms with Gasteiger partial charge in [-0.2, -0.15) is 8.42 Å². The molecule has 9 heteroatoms. The highest BCUT2D eigenvalue weighted by atomic mass is 32.2. The summed E-state index contributed by atoms with van der Waals surface area (Å²) >= 11 is 0. The van der Waals surface area contributed by atoms with Gasteiger partial charge >= 0.3 is 16.1 Å².